The van der Waals surface area contributed by atoms with Crippen LogP contribution >= 0.6 is 0 Å². The summed E-state index contributed by atoms with van der Waals surface area (Å²) in [5, 5.41) is 0. The van der Waals surface area contributed by atoms with Crippen LogP contribution in [0.5, 0.6) is 0 Å². The van der Waals surface area contributed by atoms with Crippen LogP contribution < -0.4 is 5.48 Å². The molecule has 4 nitrogen and oxygen atoms in total. The van der Waals surface area contributed by atoms with Crippen molar-refractivity contribution in [3.8, 4) is 0 Å². The van der Waals surface area contributed by atoms with Gasteiger partial charge in [-0.2, -0.15) is 5.48 Å². The second-order valence-corrected chi connectivity index (χ2v) is 2.67. The molecule has 4 heteroatoms. The second kappa shape index (κ2) is 3.41. The highest BCUT2D eigenvalue weighted by molar-refractivity contribution is 5.59. The van der Waals surface area contributed by atoms with E-state index in [2.05, 4.69) is 9.57 Å². The highest BCUT2D eigenvalue weighted by atomic mass is 16.8. The van der Waals surface area contributed by atoms with Crippen LogP contribution in [0.2, 0.25) is 0 Å². The van der Waals surface area contributed by atoms with Gasteiger partial charge in [-0.15, -0.1) is 0 Å². The molecule has 0 saturated carbocycles. The van der Waals surface area contributed by atoms with Crippen LogP contribution in [-0.4, -0.2) is 18.7 Å². The van der Waals surface area contributed by atoms with Crippen LogP contribution in [0, 0.1) is 0 Å². The fraction of sp³-hybridized carbons (Fsp3) is 0.833. The Bertz CT molecular complexity index is 185. The molecule has 0 aromatic heterocycles. The van der Waals surface area contributed by atoms with E-state index in [4.69, 9.17) is 4.11 Å². The van der Waals surface area contributed by atoms with Gasteiger partial charge in [-0.3, -0.25) is 0 Å². The van der Waals surface area contributed by atoms with E-state index in [1.165, 1.54) is 0 Å². The fourth-order valence-corrected chi connectivity index (χ4v) is 0.313. The maximum atomic E-state index is 10.7. The minimum Gasteiger partial charge on any atom is -0.427 e. The average molecular weight is 150 g/mol. The van der Waals surface area contributed by atoms with E-state index < -0.39 is 18.7 Å². The van der Waals surface area contributed by atoms with Gasteiger partial charge >= 0.3 is 6.16 Å². The highest BCUT2D eigenvalue weighted by Gasteiger charge is 2.16. The lowest BCUT2D eigenvalue weighted by atomic mass is 10.2. The summed E-state index contributed by atoms with van der Waals surface area (Å²) in [6.07, 6.45) is -1.07. The zero-order chi connectivity index (χ0) is 10.7. The van der Waals surface area contributed by atoms with E-state index in [9.17, 15) is 4.79 Å². The van der Waals surface area contributed by atoms with E-state index in [0.29, 0.717) is 0 Å². The third-order valence-electron chi connectivity index (χ3n) is 0.524. The molecule has 0 aliphatic carbocycles. The molecule has 0 heterocycles. The van der Waals surface area contributed by atoms with Gasteiger partial charge in [-0.1, -0.05) is 0 Å². The Kier molecular flexibility index (Phi) is 1.69. The summed E-state index contributed by atoms with van der Waals surface area (Å²) >= 11 is 0. The monoisotopic (exact) mass is 150 g/mol. The smallest absolute Gasteiger partial charge is 0.427 e. The van der Waals surface area contributed by atoms with Gasteiger partial charge in [0, 0.05) is 11.1 Å². The molecule has 0 aromatic rings. The number of carbonyl (C=O) groups excluding carboxylic acids is 1. The molecule has 0 amide bonds. The quantitative estimate of drug-likeness (QED) is 0.448. The molecule has 0 bridgehead atoms. The summed E-state index contributed by atoms with van der Waals surface area (Å²) in [7, 11) is 0. The van der Waals surface area contributed by atoms with Crippen molar-refractivity contribution in [3.63, 3.8) is 0 Å². The molecule has 0 rings (SSSR count). The molecule has 1 N–H and O–H groups in total. The average Bonchev–Trinajstić information content (AvgIpc) is 1.78. The molecule has 0 aliphatic rings. The number of hydroxylamine groups is 1. The number of nitrogens with one attached hydrogen (secondary N) is 1. The van der Waals surface area contributed by atoms with Crippen LogP contribution in [0.25, 0.3) is 0 Å². The topological polar surface area (TPSA) is 47.6 Å². The van der Waals surface area contributed by atoms with Crippen LogP contribution in [0.4, 0.5) is 4.79 Å². The summed E-state index contributed by atoms with van der Waals surface area (Å²) in [6, 6.07) is 0. The van der Waals surface area contributed by atoms with E-state index in [1.54, 1.807) is 26.3 Å². The Morgan fingerprint density at radius 3 is 2.60 bits per heavy atom. The van der Waals surface area contributed by atoms with Gasteiger partial charge in [0.25, 0.3) is 0 Å². The summed E-state index contributed by atoms with van der Waals surface area (Å²) < 4.78 is 24.6. The van der Waals surface area contributed by atoms with Gasteiger partial charge in [0.05, 0.1) is 0 Å². The normalized spacial score (nSPS) is 16.5. The molecule has 0 aromatic carbocycles. The summed E-state index contributed by atoms with van der Waals surface area (Å²) in [5.41, 5.74) is 0.869. The molecular formula is C6H13NO3. The molecule has 0 spiro atoms. The first kappa shape index (κ1) is 4.96. The third-order valence-corrected chi connectivity index (χ3v) is 0.524. The lowest BCUT2D eigenvalue weighted by Gasteiger charge is -2.17. The molecule has 60 valence electrons. The van der Waals surface area contributed by atoms with Crippen molar-refractivity contribution in [2.24, 2.45) is 0 Å². The highest BCUT2D eigenvalue weighted by Crippen LogP contribution is 2.06. The Hall–Kier alpha value is -0.770. The lowest BCUT2D eigenvalue weighted by Crippen LogP contribution is -2.27. The van der Waals surface area contributed by atoms with Crippen LogP contribution in [0.15, 0.2) is 0 Å². The fourth-order valence-electron chi connectivity index (χ4n) is 0.313. The number of hydrogen-bond acceptors (Lipinski definition) is 4. The van der Waals surface area contributed by atoms with Crippen LogP contribution in [-0.2, 0) is 9.57 Å². The van der Waals surface area contributed by atoms with Crippen molar-refractivity contribution in [1.29, 1.82) is 0 Å². The van der Waals surface area contributed by atoms with E-state index in [1.807, 2.05) is 0 Å². The number of rotatable bonds is 1. The van der Waals surface area contributed by atoms with Crippen molar-refractivity contribution in [3.05, 3.63) is 0 Å². The van der Waals surface area contributed by atoms with E-state index >= 15 is 0 Å². The number of hydrogen-bond donors (Lipinski definition) is 1. The van der Waals surface area contributed by atoms with Gasteiger partial charge in [-0.05, 0) is 20.8 Å². The Morgan fingerprint density at radius 2 is 2.20 bits per heavy atom. The maximum Gasteiger partial charge on any atom is 0.528 e. The zero-order valence-corrected chi connectivity index (χ0v) is 6.22. The second-order valence-electron chi connectivity index (χ2n) is 2.67. The number of ether oxygens (including phenoxy) is 1. The summed E-state index contributed by atoms with van der Waals surface area (Å²) in [4.78, 5) is 14.9. The summed E-state index contributed by atoms with van der Waals surface area (Å²) in [6.45, 7) is 2.41. The van der Waals surface area contributed by atoms with Gasteiger partial charge in [0.15, 0.2) is 0 Å². The lowest BCUT2D eigenvalue weighted by molar-refractivity contribution is -0.0270. The van der Waals surface area contributed by atoms with Crippen LogP contribution in [0.1, 0.15) is 24.9 Å². The predicted molar refractivity (Wildman–Crippen MR) is 36.4 cm³/mol. The van der Waals surface area contributed by atoms with Crippen LogP contribution in [0.3, 0.4) is 0 Å². The number of carbonyl (C=O) groups is 1. The largest absolute Gasteiger partial charge is 0.528 e. The zero-order valence-electron chi connectivity index (χ0n) is 9.22. The van der Waals surface area contributed by atoms with Crippen molar-refractivity contribution < 1.29 is 18.5 Å². The first-order valence-electron chi connectivity index (χ1n) is 4.27. The Balaban J connectivity index is 3.78. The van der Waals surface area contributed by atoms with Gasteiger partial charge in [-0.25, -0.2) is 4.79 Å². The molecule has 0 atom stereocenters. The van der Waals surface area contributed by atoms with Crippen molar-refractivity contribution in [1.82, 2.24) is 5.48 Å². The van der Waals surface area contributed by atoms with Crippen molar-refractivity contribution in [2.45, 2.75) is 26.4 Å². The van der Waals surface area contributed by atoms with E-state index in [-0.39, 0.29) is 0 Å². The summed E-state index contributed by atoms with van der Waals surface area (Å²) in [5.74, 6) is 0. The molecular weight excluding hydrogens is 134 g/mol. The molecule has 0 aliphatic heterocycles. The minimum absolute atomic E-state index is 0.701. The minimum atomic E-state index is -2.52. The SMILES string of the molecule is [2H]C([2H])([2H])NOC(=O)OC(C)(C)C. The molecule has 0 fully saturated rings. The van der Waals surface area contributed by atoms with E-state index in [0.717, 1.165) is 0 Å². The predicted octanol–water partition coefficient (Wildman–Crippen LogP) is 1.07. The maximum absolute atomic E-state index is 10.7. The molecule has 0 unspecified atom stereocenters. The Labute approximate surface area is 64.7 Å². The third kappa shape index (κ3) is 5.37. The standard InChI is InChI=1S/C6H13NO3/c1-6(2,3)9-5(8)10-7-4/h7H,1-4H3/i4D3. The van der Waals surface area contributed by atoms with Gasteiger partial charge in [0.1, 0.15) is 5.60 Å². The molecule has 10 heavy (non-hydrogen) atoms. The Morgan fingerprint density at radius 1 is 1.60 bits per heavy atom. The molecule has 0 saturated heterocycles. The van der Waals surface area contributed by atoms with Crippen molar-refractivity contribution >= 4 is 6.16 Å². The first-order chi connectivity index (χ1) is 5.60. The van der Waals surface area contributed by atoms with Crippen molar-refractivity contribution in [2.75, 3.05) is 6.98 Å². The first-order valence-corrected chi connectivity index (χ1v) is 2.77. The van der Waals surface area contributed by atoms with Gasteiger partial charge in [0.2, 0.25) is 0 Å². The molecule has 0 radical (unpaired) electrons. The van der Waals surface area contributed by atoms with Gasteiger partial charge < -0.3 is 9.57 Å².